The normalized spacial score (nSPS) is 13.0. The maximum Gasteiger partial charge on any atom is 0.189 e. The Bertz CT molecular complexity index is 307. The topological polar surface area (TPSA) is 50.2 Å². The zero-order valence-electron chi connectivity index (χ0n) is 5.12. The lowest BCUT2D eigenvalue weighted by Crippen LogP contribution is -1.91. The molecule has 11 heavy (non-hydrogen) atoms. The first-order chi connectivity index (χ1) is 5.11. The largest absolute Gasteiger partial charge is 0.302 e. The third-order valence-corrected chi connectivity index (χ3v) is 2.50. The molecule has 0 saturated heterocycles. The standard InChI is InChI=1S/C5H3BrClNO2S/c6-3-1-4(11(9)10)5(7)8-2-3/h1-2H,(H,9,10). The van der Waals surface area contributed by atoms with Crippen LogP contribution in [0.3, 0.4) is 0 Å². The van der Waals surface area contributed by atoms with Gasteiger partial charge in [0.1, 0.15) is 10.0 Å². The van der Waals surface area contributed by atoms with Crippen molar-refractivity contribution in [3.63, 3.8) is 0 Å². The van der Waals surface area contributed by atoms with E-state index in [1.54, 1.807) is 0 Å². The van der Waals surface area contributed by atoms with E-state index in [1.807, 2.05) is 0 Å². The molecule has 6 heteroatoms. The molecule has 0 spiro atoms. The summed E-state index contributed by atoms with van der Waals surface area (Å²) in [4.78, 5) is 3.78. The van der Waals surface area contributed by atoms with Crippen LogP contribution in [0.1, 0.15) is 0 Å². The molecule has 1 aromatic heterocycles. The molecule has 3 nitrogen and oxygen atoms in total. The van der Waals surface area contributed by atoms with Crippen LogP contribution in [0.2, 0.25) is 5.15 Å². The zero-order chi connectivity index (χ0) is 8.43. The van der Waals surface area contributed by atoms with Crippen LogP contribution in [0.5, 0.6) is 0 Å². The van der Waals surface area contributed by atoms with Crippen molar-refractivity contribution in [1.29, 1.82) is 0 Å². The molecule has 1 heterocycles. The minimum Gasteiger partial charge on any atom is -0.302 e. The van der Waals surface area contributed by atoms with Crippen LogP contribution in [0.25, 0.3) is 0 Å². The molecule has 0 aliphatic heterocycles. The highest BCUT2D eigenvalue weighted by molar-refractivity contribution is 9.10. The lowest BCUT2D eigenvalue weighted by Gasteiger charge is -1.97. The van der Waals surface area contributed by atoms with Crippen molar-refractivity contribution in [1.82, 2.24) is 4.98 Å². The molecule has 0 radical (unpaired) electrons. The van der Waals surface area contributed by atoms with Gasteiger partial charge < -0.3 is 4.55 Å². The molecule has 0 aliphatic rings. The molecule has 0 fully saturated rings. The van der Waals surface area contributed by atoms with Gasteiger partial charge in [-0.05, 0) is 22.0 Å². The average Bonchev–Trinajstić information content (AvgIpc) is 1.94. The smallest absolute Gasteiger partial charge is 0.189 e. The summed E-state index contributed by atoms with van der Waals surface area (Å²) in [7, 11) is 0. The fourth-order valence-corrected chi connectivity index (χ4v) is 1.74. The summed E-state index contributed by atoms with van der Waals surface area (Å²) in [6, 6.07) is 1.45. The van der Waals surface area contributed by atoms with Crippen molar-refractivity contribution in [2.45, 2.75) is 4.90 Å². The Morgan fingerprint density at radius 1 is 1.73 bits per heavy atom. The molecular weight excluding hydrogens is 253 g/mol. The number of hydrogen-bond acceptors (Lipinski definition) is 2. The van der Waals surface area contributed by atoms with Crippen LogP contribution in [0, 0.1) is 0 Å². The molecule has 60 valence electrons. The summed E-state index contributed by atoms with van der Waals surface area (Å²) in [5.74, 6) is 0. The number of rotatable bonds is 1. The highest BCUT2D eigenvalue weighted by atomic mass is 79.9. The first-order valence-electron chi connectivity index (χ1n) is 2.53. The number of hydrogen-bond donors (Lipinski definition) is 1. The maximum absolute atomic E-state index is 10.5. The molecule has 0 saturated carbocycles. The Morgan fingerprint density at radius 2 is 2.36 bits per heavy atom. The van der Waals surface area contributed by atoms with Gasteiger partial charge in [-0.2, -0.15) is 0 Å². The van der Waals surface area contributed by atoms with Crippen LogP contribution in [-0.2, 0) is 11.1 Å². The predicted octanol–water partition coefficient (Wildman–Crippen LogP) is 2.08. The van der Waals surface area contributed by atoms with Crippen molar-refractivity contribution in [3.05, 3.63) is 21.9 Å². The Hall–Kier alpha value is 0.0300. The van der Waals surface area contributed by atoms with Gasteiger partial charge in [0.05, 0.1) is 0 Å². The Kier molecular flexibility index (Phi) is 3.00. The molecular formula is C5H3BrClNO2S. The van der Waals surface area contributed by atoms with Gasteiger partial charge in [0, 0.05) is 10.7 Å². The van der Waals surface area contributed by atoms with Crippen molar-refractivity contribution in [2.75, 3.05) is 0 Å². The van der Waals surface area contributed by atoms with E-state index in [0.717, 1.165) is 0 Å². The molecule has 1 aromatic rings. The zero-order valence-corrected chi connectivity index (χ0v) is 8.28. The minimum atomic E-state index is -2.08. The second-order valence-electron chi connectivity index (χ2n) is 1.69. The number of aromatic nitrogens is 1. The molecule has 1 atom stereocenters. The van der Waals surface area contributed by atoms with E-state index in [0.29, 0.717) is 4.47 Å². The van der Waals surface area contributed by atoms with E-state index in [-0.39, 0.29) is 10.0 Å². The van der Waals surface area contributed by atoms with E-state index in [2.05, 4.69) is 20.9 Å². The van der Waals surface area contributed by atoms with Crippen molar-refractivity contribution in [2.24, 2.45) is 0 Å². The van der Waals surface area contributed by atoms with Crippen molar-refractivity contribution >= 4 is 38.6 Å². The quantitative estimate of drug-likeness (QED) is 0.618. The van der Waals surface area contributed by atoms with Crippen LogP contribution in [0.15, 0.2) is 21.6 Å². The van der Waals surface area contributed by atoms with Gasteiger partial charge in [0.15, 0.2) is 11.1 Å². The molecule has 1 N–H and O–H groups in total. The minimum absolute atomic E-state index is 0.0500. The Balaban J connectivity index is 3.23. The summed E-state index contributed by atoms with van der Waals surface area (Å²) in [6.07, 6.45) is 1.46. The average molecular weight is 257 g/mol. The highest BCUT2D eigenvalue weighted by Gasteiger charge is 2.07. The second kappa shape index (κ2) is 3.62. The molecule has 0 aromatic carbocycles. The van der Waals surface area contributed by atoms with E-state index in [4.69, 9.17) is 16.2 Å². The van der Waals surface area contributed by atoms with Gasteiger partial charge in [0.2, 0.25) is 0 Å². The lowest BCUT2D eigenvalue weighted by atomic mass is 10.5. The maximum atomic E-state index is 10.5. The number of nitrogens with zero attached hydrogens (tertiary/aromatic N) is 1. The third kappa shape index (κ3) is 2.23. The van der Waals surface area contributed by atoms with E-state index < -0.39 is 11.1 Å². The van der Waals surface area contributed by atoms with Crippen molar-refractivity contribution in [3.8, 4) is 0 Å². The van der Waals surface area contributed by atoms with Crippen LogP contribution >= 0.6 is 27.5 Å². The molecule has 1 rings (SSSR count). The van der Waals surface area contributed by atoms with Gasteiger partial charge in [-0.15, -0.1) is 0 Å². The summed E-state index contributed by atoms with van der Waals surface area (Å²) in [5, 5.41) is 0.0500. The summed E-state index contributed by atoms with van der Waals surface area (Å²) >= 11 is 6.53. The molecule has 1 unspecified atom stereocenters. The fourth-order valence-electron chi connectivity index (χ4n) is 0.526. The van der Waals surface area contributed by atoms with Crippen LogP contribution in [0.4, 0.5) is 0 Å². The predicted molar refractivity (Wildman–Crippen MR) is 46.0 cm³/mol. The van der Waals surface area contributed by atoms with Gasteiger partial charge in [-0.3, -0.25) is 0 Å². The molecule has 0 aliphatic carbocycles. The fraction of sp³-hybridized carbons (Fsp3) is 0. The van der Waals surface area contributed by atoms with Gasteiger partial charge in [-0.25, -0.2) is 9.19 Å². The first-order valence-corrected chi connectivity index (χ1v) is 4.81. The summed E-state index contributed by atoms with van der Waals surface area (Å²) in [5.41, 5.74) is 0. The monoisotopic (exact) mass is 255 g/mol. The SMILES string of the molecule is O=S(O)c1cc(Br)cnc1Cl. The summed E-state index contributed by atoms with van der Waals surface area (Å²) in [6.45, 7) is 0. The second-order valence-corrected chi connectivity index (χ2v) is 3.90. The van der Waals surface area contributed by atoms with E-state index in [1.165, 1.54) is 12.3 Å². The summed E-state index contributed by atoms with van der Waals surface area (Å²) < 4.78 is 19.8. The molecule has 0 bridgehead atoms. The van der Waals surface area contributed by atoms with Gasteiger partial charge in [0.25, 0.3) is 0 Å². The first kappa shape index (κ1) is 9.12. The van der Waals surface area contributed by atoms with E-state index >= 15 is 0 Å². The molecule has 0 amide bonds. The van der Waals surface area contributed by atoms with Crippen LogP contribution < -0.4 is 0 Å². The van der Waals surface area contributed by atoms with Crippen molar-refractivity contribution < 1.29 is 8.76 Å². The van der Waals surface area contributed by atoms with Gasteiger partial charge in [-0.1, -0.05) is 11.6 Å². The Morgan fingerprint density at radius 3 is 2.82 bits per heavy atom. The van der Waals surface area contributed by atoms with Crippen LogP contribution in [-0.4, -0.2) is 13.7 Å². The Labute approximate surface area is 79.2 Å². The lowest BCUT2D eigenvalue weighted by molar-refractivity contribution is 0.564. The number of pyridine rings is 1. The van der Waals surface area contributed by atoms with E-state index in [9.17, 15) is 4.21 Å². The number of halogens is 2. The van der Waals surface area contributed by atoms with Gasteiger partial charge >= 0.3 is 0 Å². The third-order valence-electron chi connectivity index (χ3n) is 0.962. The highest BCUT2D eigenvalue weighted by Crippen LogP contribution is 2.19.